The van der Waals surface area contributed by atoms with Gasteiger partial charge in [-0.05, 0) is 51.2 Å². The molecule has 2 aromatic rings. The van der Waals surface area contributed by atoms with Crippen molar-refractivity contribution in [3.05, 3.63) is 34.8 Å². The summed E-state index contributed by atoms with van der Waals surface area (Å²) in [4.78, 5) is 21.5. The van der Waals surface area contributed by atoms with E-state index in [-0.39, 0.29) is 5.91 Å². The summed E-state index contributed by atoms with van der Waals surface area (Å²) in [5.74, 6) is -0.000666. The molecule has 4 nitrogen and oxygen atoms in total. The summed E-state index contributed by atoms with van der Waals surface area (Å²) in [6, 6.07) is 8.30. The van der Waals surface area contributed by atoms with Crippen LogP contribution in [0.4, 0.5) is 0 Å². The Hall–Kier alpha value is -1.37. The lowest BCUT2D eigenvalue weighted by molar-refractivity contribution is 0.0950. The third-order valence-corrected chi connectivity index (χ3v) is 6.41. The van der Waals surface area contributed by atoms with Crippen molar-refractivity contribution in [3.8, 4) is 10.6 Å². The zero-order valence-electron chi connectivity index (χ0n) is 14.9. The van der Waals surface area contributed by atoms with Crippen molar-refractivity contribution >= 4 is 29.0 Å². The predicted octanol–water partition coefficient (Wildman–Crippen LogP) is 4.06. The third-order valence-electron chi connectivity index (χ3n) is 4.48. The SMILES string of the molecule is CSc1cccc(-c2nc(C)c(C(=O)NCCN3CCCCC3)s2)c1. The molecule has 2 heterocycles. The Kier molecular flexibility index (Phi) is 6.51. The molecule has 0 atom stereocenters. The maximum atomic E-state index is 12.5. The minimum absolute atomic E-state index is 0.000666. The molecule has 3 rings (SSSR count). The first kappa shape index (κ1) is 18.4. The van der Waals surface area contributed by atoms with Crippen LogP contribution in [0, 0.1) is 6.92 Å². The molecule has 1 saturated heterocycles. The van der Waals surface area contributed by atoms with Crippen molar-refractivity contribution < 1.29 is 4.79 Å². The number of rotatable bonds is 6. The van der Waals surface area contributed by atoms with Gasteiger partial charge in [-0.2, -0.15) is 0 Å². The van der Waals surface area contributed by atoms with Crippen LogP contribution in [0.2, 0.25) is 0 Å². The Bertz CT molecular complexity index is 723. The van der Waals surface area contributed by atoms with E-state index >= 15 is 0 Å². The predicted molar refractivity (Wildman–Crippen MR) is 107 cm³/mol. The van der Waals surface area contributed by atoms with E-state index in [4.69, 9.17) is 0 Å². The number of aryl methyl sites for hydroxylation is 1. The molecule has 25 heavy (non-hydrogen) atoms. The monoisotopic (exact) mass is 375 g/mol. The molecule has 0 saturated carbocycles. The standard InChI is InChI=1S/C19H25N3OS2/c1-14-17(18(23)20-9-12-22-10-4-3-5-11-22)25-19(21-14)15-7-6-8-16(13-15)24-2/h6-8,13H,3-5,9-12H2,1-2H3,(H,20,23). The highest BCUT2D eigenvalue weighted by Crippen LogP contribution is 2.30. The molecule has 1 N–H and O–H groups in total. The smallest absolute Gasteiger partial charge is 0.263 e. The highest BCUT2D eigenvalue weighted by atomic mass is 32.2. The highest BCUT2D eigenvalue weighted by molar-refractivity contribution is 7.98. The van der Waals surface area contributed by atoms with Crippen LogP contribution in [0.25, 0.3) is 10.6 Å². The third kappa shape index (κ3) is 4.84. The lowest BCUT2D eigenvalue weighted by Crippen LogP contribution is -2.37. The minimum Gasteiger partial charge on any atom is -0.350 e. The molecule has 134 valence electrons. The van der Waals surface area contributed by atoms with Gasteiger partial charge in [-0.3, -0.25) is 4.79 Å². The minimum atomic E-state index is -0.000666. The summed E-state index contributed by atoms with van der Waals surface area (Å²) in [5, 5.41) is 3.97. The van der Waals surface area contributed by atoms with Gasteiger partial charge >= 0.3 is 0 Å². The molecule has 1 aliphatic rings. The van der Waals surface area contributed by atoms with Crippen molar-refractivity contribution in [2.24, 2.45) is 0 Å². The first-order chi connectivity index (χ1) is 12.2. The Labute approximate surface area is 158 Å². The number of likely N-dealkylation sites (tertiary alicyclic amines) is 1. The average Bonchev–Trinajstić information content (AvgIpc) is 3.04. The van der Waals surface area contributed by atoms with Crippen LogP contribution in [0.3, 0.4) is 0 Å². The van der Waals surface area contributed by atoms with Crippen LogP contribution in [0.1, 0.15) is 34.6 Å². The van der Waals surface area contributed by atoms with Gasteiger partial charge in [0.25, 0.3) is 5.91 Å². The fraction of sp³-hybridized carbons (Fsp3) is 0.474. The van der Waals surface area contributed by atoms with E-state index in [2.05, 4.69) is 39.7 Å². The second-order valence-corrected chi connectivity index (χ2v) is 8.20. The Balaban J connectivity index is 1.61. The van der Waals surface area contributed by atoms with Gasteiger partial charge in [0.1, 0.15) is 9.88 Å². The molecule has 1 aromatic carbocycles. The van der Waals surface area contributed by atoms with Crippen molar-refractivity contribution in [2.75, 3.05) is 32.4 Å². The molecule has 0 bridgehead atoms. The van der Waals surface area contributed by atoms with Crippen LogP contribution in [-0.4, -0.2) is 48.2 Å². The molecular weight excluding hydrogens is 350 g/mol. The number of carbonyl (C=O) groups excluding carboxylic acids is 1. The number of aromatic nitrogens is 1. The first-order valence-corrected chi connectivity index (χ1v) is 10.8. The zero-order valence-corrected chi connectivity index (χ0v) is 16.5. The van der Waals surface area contributed by atoms with E-state index in [1.54, 1.807) is 11.8 Å². The van der Waals surface area contributed by atoms with Crippen molar-refractivity contribution in [1.82, 2.24) is 15.2 Å². The number of hydrogen-bond acceptors (Lipinski definition) is 5. The van der Waals surface area contributed by atoms with E-state index < -0.39 is 0 Å². The molecule has 0 radical (unpaired) electrons. The van der Waals surface area contributed by atoms with Crippen LogP contribution in [0.15, 0.2) is 29.2 Å². The summed E-state index contributed by atoms with van der Waals surface area (Å²) in [5.41, 5.74) is 1.89. The van der Waals surface area contributed by atoms with Gasteiger partial charge in [-0.1, -0.05) is 18.6 Å². The van der Waals surface area contributed by atoms with E-state index in [9.17, 15) is 4.79 Å². The van der Waals surface area contributed by atoms with Gasteiger partial charge in [0, 0.05) is 23.5 Å². The van der Waals surface area contributed by atoms with Crippen molar-refractivity contribution in [1.29, 1.82) is 0 Å². The average molecular weight is 376 g/mol. The molecular formula is C19H25N3OS2. The van der Waals surface area contributed by atoms with E-state index in [1.807, 2.05) is 13.0 Å². The fourth-order valence-corrected chi connectivity index (χ4v) is 4.52. The lowest BCUT2D eigenvalue weighted by atomic mass is 10.1. The normalized spacial score (nSPS) is 15.3. The molecule has 1 fully saturated rings. The Morgan fingerprint density at radius 3 is 2.88 bits per heavy atom. The second kappa shape index (κ2) is 8.83. The largest absolute Gasteiger partial charge is 0.350 e. The van der Waals surface area contributed by atoms with Gasteiger partial charge in [0.2, 0.25) is 0 Å². The highest BCUT2D eigenvalue weighted by Gasteiger charge is 2.17. The number of carbonyl (C=O) groups is 1. The number of amides is 1. The van der Waals surface area contributed by atoms with Gasteiger partial charge in [-0.15, -0.1) is 23.1 Å². The molecule has 1 amide bonds. The summed E-state index contributed by atoms with van der Waals surface area (Å²) >= 11 is 3.19. The molecule has 0 spiro atoms. The maximum Gasteiger partial charge on any atom is 0.263 e. The molecule has 1 aliphatic heterocycles. The fourth-order valence-electron chi connectivity index (χ4n) is 3.08. The Morgan fingerprint density at radius 2 is 2.12 bits per heavy atom. The van der Waals surface area contributed by atoms with Crippen molar-refractivity contribution in [2.45, 2.75) is 31.1 Å². The lowest BCUT2D eigenvalue weighted by Gasteiger charge is -2.26. The number of thioether (sulfide) groups is 1. The number of piperidine rings is 1. The second-order valence-electron chi connectivity index (χ2n) is 6.32. The van der Waals surface area contributed by atoms with Gasteiger partial charge in [0.05, 0.1) is 5.69 Å². The van der Waals surface area contributed by atoms with E-state index in [0.717, 1.165) is 40.8 Å². The first-order valence-electron chi connectivity index (χ1n) is 8.80. The molecule has 6 heteroatoms. The van der Waals surface area contributed by atoms with Crippen LogP contribution in [0.5, 0.6) is 0 Å². The number of benzene rings is 1. The number of nitrogens with zero attached hydrogens (tertiary/aromatic N) is 2. The molecule has 1 aromatic heterocycles. The van der Waals surface area contributed by atoms with Crippen LogP contribution < -0.4 is 5.32 Å². The topological polar surface area (TPSA) is 45.2 Å². The van der Waals surface area contributed by atoms with Gasteiger partial charge in [0.15, 0.2) is 0 Å². The summed E-state index contributed by atoms with van der Waals surface area (Å²) in [6.07, 6.45) is 5.96. The van der Waals surface area contributed by atoms with E-state index in [1.165, 1.54) is 35.5 Å². The van der Waals surface area contributed by atoms with Gasteiger partial charge < -0.3 is 10.2 Å². The van der Waals surface area contributed by atoms with Crippen LogP contribution >= 0.6 is 23.1 Å². The zero-order chi connectivity index (χ0) is 17.6. The van der Waals surface area contributed by atoms with Crippen molar-refractivity contribution in [3.63, 3.8) is 0 Å². The van der Waals surface area contributed by atoms with Crippen LogP contribution in [-0.2, 0) is 0 Å². The molecule has 0 aliphatic carbocycles. The summed E-state index contributed by atoms with van der Waals surface area (Å²) < 4.78 is 0. The number of nitrogens with one attached hydrogen (secondary N) is 1. The summed E-state index contributed by atoms with van der Waals surface area (Å²) in [7, 11) is 0. The summed E-state index contributed by atoms with van der Waals surface area (Å²) in [6.45, 7) is 5.87. The quantitative estimate of drug-likeness (QED) is 0.774. The number of hydrogen-bond donors (Lipinski definition) is 1. The van der Waals surface area contributed by atoms with Gasteiger partial charge in [-0.25, -0.2) is 4.98 Å². The number of thiazole rings is 1. The Morgan fingerprint density at radius 1 is 1.32 bits per heavy atom. The van der Waals surface area contributed by atoms with E-state index in [0.29, 0.717) is 6.54 Å². The molecule has 0 unspecified atom stereocenters. The maximum absolute atomic E-state index is 12.5.